The summed E-state index contributed by atoms with van der Waals surface area (Å²) in [6.45, 7) is 5.20. The maximum Gasteiger partial charge on any atom is 0.126 e. The number of rotatable bonds is 5. The van der Waals surface area contributed by atoms with Crippen molar-refractivity contribution in [1.82, 2.24) is 5.32 Å². The first-order valence-electron chi connectivity index (χ1n) is 6.90. The minimum atomic E-state index is -0.554. The van der Waals surface area contributed by atoms with E-state index in [1.165, 1.54) is 17.7 Å². The van der Waals surface area contributed by atoms with E-state index in [0.717, 1.165) is 24.6 Å². The maximum atomic E-state index is 13.2. The molecule has 2 aromatic carbocycles. The fraction of sp³-hybridized carbons (Fsp3) is 0.294. The molecule has 0 bridgehead atoms. The van der Waals surface area contributed by atoms with Crippen molar-refractivity contribution in [3.8, 4) is 11.1 Å². The molecule has 0 saturated carbocycles. The first-order chi connectivity index (χ1) is 9.60. The lowest BCUT2D eigenvalue weighted by molar-refractivity contribution is 0.571. The van der Waals surface area contributed by atoms with Gasteiger partial charge in [0.15, 0.2) is 0 Å². The molecular formula is C17H19F2N. The molecule has 1 nitrogen and oxygen atoms in total. The van der Waals surface area contributed by atoms with E-state index in [1.807, 2.05) is 24.3 Å². The molecule has 3 heteroatoms. The summed E-state index contributed by atoms with van der Waals surface area (Å²) in [5.74, 6) is -1.11. The van der Waals surface area contributed by atoms with Gasteiger partial charge in [-0.15, -0.1) is 0 Å². The number of hydrogen-bond donors (Lipinski definition) is 1. The van der Waals surface area contributed by atoms with Gasteiger partial charge >= 0.3 is 0 Å². The Kier molecular flexibility index (Phi) is 4.85. The highest BCUT2D eigenvalue weighted by atomic mass is 19.1. The van der Waals surface area contributed by atoms with Crippen LogP contribution >= 0.6 is 0 Å². The largest absolute Gasteiger partial charge is 0.310 e. The Morgan fingerprint density at radius 1 is 0.950 bits per heavy atom. The van der Waals surface area contributed by atoms with Crippen LogP contribution in [0.1, 0.15) is 31.9 Å². The predicted molar refractivity (Wildman–Crippen MR) is 78.5 cm³/mol. The van der Waals surface area contributed by atoms with Gasteiger partial charge in [0.25, 0.3) is 0 Å². The monoisotopic (exact) mass is 275 g/mol. The summed E-state index contributed by atoms with van der Waals surface area (Å²) in [6, 6.07) is 11.6. The van der Waals surface area contributed by atoms with Crippen LogP contribution in [0.15, 0.2) is 42.5 Å². The summed E-state index contributed by atoms with van der Waals surface area (Å²) in [6.07, 6.45) is 1.09. The molecule has 0 saturated heterocycles. The maximum absolute atomic E-state index is 13.2. The van der Waals surface area contributed by atoms with E-state index >= 15 is 0 Å². The van der Waals surface area contributed by atoms with Gasteiger partial charge in [0, 0.05) is 12.1 Å². The lowest BCUT2D eigenvalue weighted by Gasteiger charge is -2.14. The molecule has 0 spiro atoms. The van der Waals surface area contributed by atoms with Crippen LogP contribution in [0.2, 0.25) is 0 Å². The van der Waals surface area contributed by atoms with Gasteiger partial charge in [-0.3, -0.25) is 0 Å². The molecule has 20 heavy (non-hydrogen) atoms. The van der Waals surface area contributed by atoms with Crippen LogP contribution in [-0.2, 0) is 0 Å². The van der Waals surface area contributed by atoms with Crippen molar-refractivity contribution in [2.24, 2.45) is 0 Å². The minimum absolute atomic E-state index is 0.272. The third-order valence-corrected chi connectivity index (χ3v) is 3.31. The fourth-order valence-corrected chi connectivity index (χ4v) is 2.16. The lowest BCUT2D eigenvalue weighted by Crippen LogP contribution is -2.19. The smallest absolute Gasteiger partial charge is 0.126 e. The van der Waals surface area contributed by atoms with Gasteiger partial charge in [0.2, 0.25) is 0 Å². The molecule has 0 aromatic heterocycles. The molecule has 1 unspecified atom stereocenters. The molecule has 2 rings (SSSR count). The first kappa shape index (κ1) is 14.7. The van der Waals surface area contributed by atoms with Crippen molar-refractivity contribution >= 4 is 0 Å². The van der Waals surface area contributed by atoms with Crippen molar-refractivity contribution in [2.75, 3.05) is 6.54 Å². The second kappa shape index (κ2) is 6.62. The SMILES string of the molecule is CCCNC(C)c1ccc(-c2cc(F)cc(F)c2)cc1. The summed E-state index contributed by atoms with van der Waals surface area (Å²) in [7, 11) is 0. The number of halogens is 2. The van der Waals surface area contributed by atoms with Gasteiger partial charge in [0.05, 0.1) is 0 Å². The fourth-order valence-electron chi connectivity index (χ4n) is 2.16. The van der Waals surface area contributed by atoms with Crippen LogP contribution < -0.4 is 5.32 Å². The Hall–Kier alpha value is -1.74. The number of benzene rings is 2. The van der Waals surface area contributed by atoms with E-state index in [9.17, 15) is 8.78 Å². The van der Waals surface area contributed by atoms with Gasteiger partial charge in [-0.25, -0.2) is 8.78 Å². The Morgan fingerprint density at radius 2 is 1.55 bits per heavy atom. The Morgan fingerprint density at radius 3 is 2.10 bits per heavy atom. The van der Waals surface area contributed by atoms with Crippen LogP contribution in [0, 0.1) is 11.6 Å². The number of hydrogen-bond acceptors (Lipinski definition) is 1. The summed E-state index contributed by atoms with van der Waals surface area (Å²) >= 11 is 0. The highest BCUT2D eigenvalue weighted by Crippen LogP contribution is 2.23. The van der Waals surface area contributed by atoms with E-state index in [1.54, 1.807) is 0 Å². The van der Waals surface area contributed by atoms with Crippen LogP contribution in [0.25, 0.3) is 11.1 Å². The molecular weight excluding hydrogens is 256 g/mol. The van der Waals surface area contributed by atoms with Gasteiger partial charge in [0.1, 0.15) is 11.6 Å². The van der Waals surface area contributed by atoms with Crippen LogP contribution in [-0.4, -0.2) is 6.54 Å². The van der Waals surface area contributed by atoms with Crippen LogP contribution in [0.3, 0.4) is 0 Å². The molecule has 2 aromatic rings. The van der Waals surface area contributed by atoms with E-state index in [4.69, 9.17) is 0 Å². The normalized spacial score (nSPS) is 12.4. The third kappa shape index (κ3) is 3.64. The lowest BCUT2D eigenvalue weighted by atomic mass is 10.0. The molecule has 1 N–H and O–H groups in total. The zero-order valence-corrected chi connectivity index (χ0v) is 11.8. The molecule has 0 aliphatic carbocycles. The van der Waals surface area contributed by atoms with E-state index < -0.39 is 11.6 Å². The van der Waals surface area contributed by atoms with Gasteiger partial charge in [-0.1, -0.05) is 31.2 Å². The summed E-state index contributed by atoms with van der Waals surface area (Å²) in [5, 5.41) is 3.41. The highest BCUT2D eigenvalue weighted by molar-refractivity contribution is 5.63. The third-order valence-electron chi connectivity index (χ3n) is 3.31. The van der Waals surface area contributed by atoms with E-state index in [2.05, 4.69) is 19.2 Å². The average Bonchev–Trinajstić information content (AvgIpc) is 2.44. The van der Waals surface area contributed by atoms with Crippen LogP contribution in [0.4, 0.5) is 8.78 Å². The second-order valence-corrected chi connectivity index (χ2v) is 4.96. The summed E-state index contributed by atoms with van der Waals surface area (Å²) < 4.78 is 26.4. The van der Waals surface area contributed by atoms with E-state index in [0.29, 0.717) is 5.56 Å². The highest BCUT2D eigenvalue weighted by Gasteiger charge is 2.06. The van der Waals surface area contributed by atoms with Crippen molar-refractivity contribution in [3.63, 3.8) is 0 Å². The van der Waals surface area contributed by atoms with Crippen LogP contribution in [0.5, 0.6) is 0 Å². The van der Waals surface area contributed by atoms with Gasteiger partial charge in [-0.2, -0.15) is 0 Å². The first-order valence-corrected chi connectivity index (χ1v) is 6.90. The van der Waals surface area contributed by atoms with Crippen molar-refractivity contribution in [3.05, 3.63) is 59.7 Å². The van der Waals surface area contributed by atoms with Crippen molar-refractivity contribution in [2.45, 2.75) is 26.3 Å². The second-order valence-electron chi connectivity index (χ2n) is 4.96. The molecule has 1 atom stereocenters. The Balaban J connectivity index is 2.19. The van der Waals surface area contributed by atoms with Gasteiger partial charge in [-0.05, 0) is 48.7 Å². The quantitative estimate of drug-likeness (QED) is 0.834. The van der Waals surface area contributed by atoms with Crippen molar-refractivity contribution < 1.29 is 8.78 Å². The average molecular weight is 275 g/mol. The summed E-state index contributed by atoms with van der Waals surface area (Å²) in [4.78, 5) is 0. The zero-order valence-electron chi connectivity index (χ0n) is 11.8. The topological polar surface area (TPSA) is 12.0 Å². The molecule has 0 fully saturated rings. The standard InChI is InChI=1S/C17H19F2N/c1-3-8-20-12(2)13-4-6-14(7-5-13)15-9-16(18)11-17(19)10-15/h4-7,9-12,20H,3,8H2,1-2H3. The predicted octanol–water partition coefficient (Wildman–Crippen LogP) is 4.69. The summed E-state index contributed by atoms with van der Waals surface area (Å²) in [5.41, 5.74) is 2.54. The Labute approximate surface area is 118 Å². The Bertz CT molecular complexity index is 543. The minimum Gasteiger partial charge on any atom is -0.310 e. The zero-order chi connectivity index (χ0) is 14.5. The molecule has 0 radical (unpaired) electrons. The molecule has 0 aliphatic heterocycles. The van der Waals surface area contributed by atoms with E-state index in [-0.39, 0.29) is 6.04 Å². The molecule has 0 aliphatic rings. The van der Waals surface area contributed by atoms with Crippen molar-refractivity contribution in [1.29, 1.82) is 0 Å². The molecule has 106 valence electrons. The molecule has 0 heterocycles. The molecule has 0 amide bonds. The van der Waals surface area contributed by atoms with Gasteiger partial charge < -0.3 is 5.32 Å². The number of nitrogens with one attached hydrogen (secondary N) is 1.